The quantitative estimate of drug-likeness (QED) is 0.668. The average molecular weight is 279 g/mol. The lowest BCUT2D eigenvalue weighted by Crippen LogP contribution is -2.45. The van der Waals surface area contributed by atoms with Crippen LogP contribution in [0.2, 0.25) is 0 Å². The van der Waals surface area contributed by atoms with Crippen molar-refractivity contribution in [3.8, 4) is 0 Å². The largest absolute Gasteiger partial charge is 0.347 e. The number of carbonyl (C=O) groups excluding carboxylic acids is 2. The molecule has 1 atom stereocenters. The molecule has 1 aromatic heterocycles. The van der Waals surface area contributed by atoms with Crippen LogP contribution in [0.3, 0.4) is 0 Å². The highest BCUT2D eigenvalue weighted by molar-refractivity contribution is 6.35. The van der Waals surface area contributed by atoms with Gasteiger partial charge in [-0.25, -0.2) is 4.98 Å². The summed E-state index contributed by atoms with van der Waals surface area (Å²) in [5.74, 6) is -0.347. The van der Waals surface area contributed by atoms with E-state index in [0.717, 1.165) is 19.5 Å². The molecule has 1 saturated heterocycles. The van der Waals surface area contributed by atoms with Crippen molar-refractivity contribution in [2.24, 2.45) is 0 Å². The summed E-state index contributed by atoms with van der Waals surface area (Å²) in [5, 5.41) is 5.95. The molecule has 7 nitrogen and oxygen atoms in total. The van der Waals surface area contributed by atoms with Gasteiger partial charge in [-0.05, 0) is 19.4 Å². The van der Waals surface area contributed by atoms with E-state index < -0.39 is 11.8 Å². The van der Waals surface area contributed by atoms with Gasteiger partial charge in [-0.1, -0.05) is 6.92 Å². The second-order valence-electron chi connectivity index (χ2n) is 4.80. The van der Waals surface area contributed by atoms with Gasteiger partial charge in [0.15, 0.2) is 0 Å². The number of H-pyrrole nitrogens is 1. The van der Waals surface area contributed by atoms with Crippen LogP contribution in [0.1, 0.15) is 31.6 Å². The highest BCUT2D eigenvalue weighted by atomic mass is 16.2. The van der Waals surface area contributed by atoms with Crippen LogP contribution in [0.25, 0.3) is 0 Å². The summed E-state index contributed by atoms with van der Waals surface area (Å²) >= 11 is 0. The predicted molar refractivity (Wildman–Crippen MR) is 73.8 cm³/mol. The third-order valence-electron chi connectivity index (χ3n) is 3.38. The first-order valence-electron chi connectivity index (χ1n) is 7.02. The SMILES string of the molecule is CCC(NC(=O)C(=O)N1CCCNCC1)c1ncc[nH]1. The maximum atomic E-state index is 12.1. The Morgan fingerprint density at radius 3 is 3.00 bits per heavy atom. The lowest BCUT2D eigenvalue weighted by Gasteiger charge is -2.21. The third kappa shape index (κ3) is 3.57. The number of nitrogens with one attached hydrogen (secondary N) is 3. The Bertz CT molecular complexity index is 438. The zero-order valence-corrected chi connectivity index (χ0v) is 11.7. The maximum absolute atomic E-state index is 12.1. The molecule has 1 aromatic rings. The molecule has 0 aliphatic carbocycles. The second kappa shape index (κ2) is 7.04. The van der Waals surface area contributed by atoms with E-state index >= 15 is 0 Å². The van der Waals surface area contributed by atoms with Crippen molar-refractivity contribution in [2.75, 3.05) is 26.2 Å². The van der Waals surface area contributed by atoms with E-state index in [9.17, 15) is 9.59 Å². The van der Waals surface area contributed by atoms with Gasteiger partial charge in [0.25, 0.3) is 0 Å². The normalized spacial score (nSPS) is 17.4. The summed E-state index contributed by atoms with van der Waals surface area (Å²) in [7, 11) is 0. The van der Waals surface area contributed by atoms with Gasteiger partial charge in [0.1, 0.15) is 5.82 Å². The van der Waals surface area contributed by atoms with Gasteiger partial charge in [-0.15, -0.1) is 0 Å². The van der Waals surface area contributed by atoms with Crippen molar-refractivity contribution in [2.45, 2.75) is 25.8 Å². The number of carbonyl (C=O) groups is 2. The van der Waals surface area contributed by atoms with Crippen LogP contribution in [-0.4, -0.2) is 52.9 Å². The topological polar surface area (TPSA) is 90.1 Å². The fourth-order valence-corrected chi connectivity index (χ4v) is 2.24. The van der Waals surface area contributed by atoms with Gasteiger partial charge in [-0.2, -0.15) is 0 Å². The number of aromatic amines is 1. The molecule has 0 saturated carbocycles. The second-order valence-corrected chi connectivity index (χ2v) is 4.80. The molecular formula is C13H21N5O2. The molecule has 3 N–H and O–H groups in total. The molecule has 20 heavy (non-hydrogen) atoms. The minimum atomic E-state index is -0.560. The number of hydrogen-bond acceptors (Lipinski definition) is 4. The number of amides is 2. The molecule has 1 aliphatic rings. The summed E-state index contributed by atoms with van der Waals surface area (Å²) < 4.78 is 0. The van der Waals surface area contributed by atoms with Gasteiger partial charge < -0.3 is 20.5 Å². The fourth-order valence-electron chi connectivity index (χ4n) is 2.24. The number of hydrogen-bond donors (Lipinski definition) is 3. The van der Waals surface area contributed by atoms with Crippen LogP contribution in [0, 0.1) is 0 Å². The Kier molecular flexibility index (Phi) is 5.11. The van der Waals surface area contributed by atoms with E-state index in [4.69, 9.17) is 0 Å². The Morgan fingerprint density at radius 1 is 1.45 bits per heavy atom. The Hall–Kier alpha value is -1.89. The summed E-state index contributed by atoms with van der Waals surface area (Å²) in [4.78, 5) is 32.9. The summed E-state index contributed by atoms with van der Waals surface area (Å²) in [6, 6.07) is -0.258. The van der Waals surface area contributed by atoms with Crippen molar-refractivity contribution in [3.05, 3.63) is 18.2 Å². The maximum Gasteiger partial charge on any atom is 0.311 e. The monoisotopic (exact) mass is 279 g/mol. The van der Waals surface area contributed by atoms with Crippen molar-refractivity contribution in [1.29, 1.82) is 0 Å². The smallest absolute Gasteiger partial charge is 0.311 e. The van der Waals surface area contributed by atoms with E-state index in [1.54, 1.807) is 17.3 Å². The molecular weight excluding hydrogens is 258 g/mol. The molecule has 2 heterocycles. The highest BCUT2D eigenvalue weighted by Gasteiger charge is 2.25. The van der Waals surface area contributed by atoms with Crippen LogP contribution < -0.4 is 10.6 Å². The van der Waals surface area contributed by atoms with E-state index in [1.165, 1.54) is 0 Å². The van der Waals surface area contributed by atoms with Crippen LogP contribution in [0.5, 0.6) is 0 Å². The third-order valence-corrected chi connectivity index (χ3v) is 3.38. The summed E-state index contributed by atoms with van der Waals surface area (Å²) in [6.45, 7) is 4.75. The molecule has 7 heteroatoms. The van der Waals surface area contributed by atoms with Gasteiger partial charge in [0, 0.05) is 32.0 Å². The first-order valence-corrected chi connectivity index (χ1v) is 7.02. The van der Waals surface area contributed by atoms with Crippen molar-refractivity contribution >= 4 is 11.8 Å². The van der Waals surface area contributed by atoms with Gasteiger partial charge in [-0.3, -0.25) is 9.59 Å². The van der Waals surface area contributed by atoms with E-state index in [0.29, 0.717) is 25.3 Å². The zero-order chi connectivity index (χ0) is 14.4. The lowest BCUT2D eigenvalue weighted by molar-refractivity contribution is -0.146. The molecule has 2 rings (SSSR count). The molecule has 2 amide bonds. The number of imidazole rings is 1. The van der Waals surface area contributed by atoms with Crippen LogP contribution >= 0.6 is 0 Å². The fraction of sp³-hybridized carbons (Fsp3) is 0.615. The molecule has 0 aromatic carbocycles. The number of nitrogens with zero attached hydrogens (tertiary/aromatic N) is 2. The molecule has 1 aliphatic heterocycles. The summed E-state index contributed by atoms with van der Waals surface area (Å²) in [5.41, 5.74) is 0. The minimum Gasteiger partial charge on any atom is -0.347 e. The first kappa shape index (κ1) is 14.5. The molecule has 110 valence electrons. The molecule has 0 radical (unpaired) electrons. The van der Waals surface area contributed by atoms with Crippen molar-refractivity contribution in [3.63, 3.8) is 0 Å². The Morgan fingerprint density at radius 2 is 2.30 bits per heavy atom. The van der Waals surface area contributed by atoms with E-state index in [1.807, 2.05) is 6.92 Å². The Balaban J connectivity index is 1.94. The van der Waals surface area contributed by atoms with Crippen LogP contribution in [-0.2, 0) is 9.59 Å². The molecule has 1 fully saturated rings. The number of rotatable bonds is 3. The Labute approximate surface area is 118 Å². The van der Waals surface area contributed by atoms with E-state index in [2.05, 4.69) is 20.6 Å². The zero-order valence-electron chi connectivity index (χ0n) is 11.7. The molecule has 1 unspecified atom stereocenters. The van der Waals surface area contributed by atoms with Crippen molar-refractivity contribution < 1.29 is 9.59 Å². The first-order chi connectivity index (χ1) is 9.72. The van der Waals surface area contributed by atoms with Gasteiger partial charge in [0.05, 0.1) is 6.04 Å². The highest BCUT2D eigenvalue weighted by Crippen LogP contribution is 2.11. The lowest BCUT2D eigenvalue weighted by atomic mass is 10.2. The predicted octanol–water partition coefficient (Wildman–Crippen LogP) is -0.201. The number of aromatic nitrogens is 2. The standard InChI is InChI=1S/C13H21N5O2/c1-2-10(11-15-5-6-16-11)17-12(19)13(20)18-8-3-4-14-7-9-18/h5-6,10,14H,2-4,7-9H2,1H3,(H,15,16)(H,17,19). The van der Waals surface area contributed by atoms with Crippen LogP contribution in [0.4, 0.5) is 0 Å². The van der Waals surface area contributed by atoms with Crippen molar-refractivity contribution in [1.82, 2.24) is 25.5 Å². The van der Waals surface area contributed by atoms with Gasteiger partial charge in [0.2, 0.25) is 0 Å². The summed E-state index contributed by atoms with van der Waals surface area (Å²) in [6.07, 6.45) is 4.88. The van der Waals surface area contributed by atoms with E-state index in [-0.39, 0.29) is 6.04 Å². The molecule has 0 bridgehead atoms. The van der Waals surface area contributed by atoms with Gasteiger partial charge >= 0.3 is 11.8 Å². The minimum absolute atomic E-state index is 0.258. The molecule has 0 spiro atoms. The van der Waals surface area contributed by atoms with Crippen LogP contribution in [0.15, 0.2) is 12.4 Å². The average Bonchev–Trinajstić information content (AvgIpc) is 2.85.